The monoisotopic (exact) mass is 849 g/mol. The average molecular weight is 849 g/mol. The van der Waals surface area contributed by atoms with Crippen LogP contribution in [0, 0.1) is 83.1 Å². The molecule has 0 saturated carbocycles. The maximum Gasteiger partial charge on any atom is 0.0949 e. The van der Waals surface area contributed by atoms with Gasteiger partial charge in [0.15, 0.2) is 0 Å². The van der Waals surface area contributed by atoms with Gasteiger partial charge in [-0.25, -0.2) is 19.9 Å². The molecule has 328 valence electrons. The van der Waals surface area contributed by atoms with E-state index in [9.17, 15) is 0 Å². The number of aromatic nitrogens is 8. The zero-order valence-electron chi connectivity index (χ0n) is 40.2. The summed E-state index contributed by atoms with van der Waals surface area (Å²) in [6.07, 6.45) is 27.3. The lowest BCUT2D eigenvalue weighted by Crippen LogP contribution is -2.18. The van der Waals surface area contributed by atoms with Crippen LogP contribution in [0.1, 0.15) is 134 Å². The molecule has 8 aromatic rings. The van der Waals surface area contributed by atoms with E-state index < -0.39 is 0 Å². The van der Waals surface area contributed by atoms with Crippen molar-refractivity contribution < 1.29 is 0 Å². The molecule has 64 heavy (non-hydrogen) atoms. The summed E-state index contributed by atoms with van der Waals surface area (Å²) in [4.78, 5) is 17.9. The van der Waals surface area contributed by atoms with Crippen LogP contribution in [-0.2, 0) is 51.9 Å². The van der Waals surface area contributed by atoms with Crippen molar-refractivity contribution in [1.29, 1.82) is 0 Å². The summed E-state index contributed by atoms with van der Waals surface area (Å²) in [5.41, 5.74) is 34.0. The molecule has 4 heterocycles. The maximum atomic E-state index is 4.47. The van der Waals surface area contributed by atoms with Crippen molar-refractivity contribution in [2.45, 2.75) is 135 Å². The third kappa shape index (κ3) is 7.44. The van der Waals surface area contributed by atoms with Crippen LogP contribution in [0.15, 0.2) is 74.9 Å². The van der Waals surface area contributed by atoms with E-state index in [0.29, 0.717) is 0 Å². The topological polar surface area (TPSA) is 71.3 Å². The number of imidazole rings is 4. The Hall–Kier alpha value is -6.28. The van der Waals surface area contributed by atoms with Gasteiger partial charge in [0.25, 0.3) is 0 Å². The third-order valence-electron chi connectivity index (χ3n) is 15.9. The van der Waals surface area contributed by atoms with Gasteiger partial charge in [0.05, 0.1) is 25.3 Å². The van der Waals surface area contributed by atoms with Crippen molar-refractivity contribution >= 4 is 0 Å². The number of rotatable bonds is 8. The van der Waals surface area contributed by atoms with Gasteiger partial charge >= 0.3 is 0 Å². The molecule has 0 saturated heterocycles. The van der Waals surface area contributed by atoms with Crippen LogP contribution in [0.25, 0.3) is 0 Å². The van der Waals surface area contributed by atoms with Crippen LogP contribution in [0.4, 0.5) is 0 Å². The summed E-state index contributed by atoms with van der Waals surface area (Å²) in [7, 11) is 0. The van der Waals surface area contributed by atoms with Crippen molar-refractivity contribution in [1.82, 2.24) is 38.2 Å². The minimum absolute atomic E-state index is 0.789. The van der Waals surface area contributed by atoms with Gasteiger partial charge < -0.3 is 18.3 Å². The molecule has 4 aromatic carbocycles. The fourth-order valence-electron chi connectivity index (χ4n) is 11.6. The van der Waals surface area contributed by atoms with Crippen molar-refractivity contribution in [3.05, 3.63) is 208 Å². The van der Waals surface area contributed by atoms with E-state index in [1.165, 1.54) is 134 Å². The molecular formula is C56H64N8. The highest BCUT2D eigenvalue weighted by molar-refractivity contribution is 5.63. The first-order valence-electron chi connectivity index (χ1n) is 23.0. The number of fused-ring (bicyclic) bond motifs is 8. The van der Waals surface area contributed by atoms with Crippen LogP contribution < -0.4 is 0 Å². The van der Waals surface area contributed by atoms with Crippen LogP contribution in [0.2, 0.25) is 0 Å². The summed E-state index contributed by atoms with van der Waals surface area (Å²) in [5, 5.41) is 0. The zero-order valence-corrected chi connectivity index (χ0v) is 40.2. The standard InChI is InChI=1S/C56H64N8/c1-33-45-21-47-34(2)49(41(9)54(39(47)7)26-62-18-14-58-30-62)23-51-36(4)52(44(12)56(43(51)11)28-64-20-16-60-32-64)24-50-35(3)48(40(8)55(42(50)10)27-63-19-15-59-31-63)22-46(33)38(6)53(37(45)5)25-61-17-13-57-29-61/h13-20,29-32H,21-28H2,1-12H3. The smallest absolute Gasteiger partial charge is 0.0949 e. The highest BCUT2D eigenvalue weighted by atomic mass is 15.0. The second kappa shape index (κ2) is 17.0. The van der Waals surface area contributed by atoms with Gasteiger partial charge in [-0.3, -0.25) is 0 Å². The van der Waals surface area contributed by atoms with Gasteiger partial charge in [-0.15, -0.1) is 0 Å². The van der Waals surface area contributed by atoms with Gasteiger partial charge in [-0.2, -0.15) is 0 Å². The number of hydrogen-bond acceptors (Lipinski definition) is 4. The molecule has 0 fully saturated rings. The molecule has 0 atom stereocenters. The Balaban J connectivity index is 1.38. The molecule has 0 amide bonds. The SMILES string of the molecule is Cc1c2c(C)c(Cn3ccnc3)c(C)c1Cc1c(C)c(c(C)c(Cn3ccnc3)c1C)Cc1c(C)c(c(C)c(Cn3ccnc3)c1C)Cc1c(C)c(c(C)c(Cn3ccnc3)c1C)C2. The van der Waals surface area contributed by atoms with E-state index in [2.05, 4.69) is 146 Å². The van der Waals surface area contributed by atoms with Gasteiger partial charge in [0.1, 0.15) is 0 Å². The van der Waals surface area contributed by atoms with Gasteiger partial charge in [0.2, 0.25) is 0 Å². The lowest BCUT2D eigenvalue weighted by Gasteiger charge is -2.30. The zero-order chi connectivity index (χ0) is 45.1. The second-order valence-electron chi connectivity index (χ2n) is 18.9. The van der Waals surface area contributed by atoms with E-state index in [4.69, 9.17) is 0 Å². The van der Waals surface area contributed by atoms with Crippen LogP contribution in [-0.4, -0.2) is 38.2 Å². The van der Waals surface area contributed by atoms with E-state index in [1.54, 1.807) is 0 Å². The summed E-state index contributed by atoms with van der Waals surface area (Å²) in [5.74, 6) is 0. The van der Waals surface area contributed by atoms with Crippen molar-refractivity contribution in [3.8, 4) is 0 Å². The molecule has 8 heteroatoms. The van der Waals surface area contributed by atoms with Crippen LogP contribution >= 0.6 is 0 Å². The molecule has 1 aliphatic rings. The number of nitrogens with zero attached hydrogens (tertiary/aromatic N) is 8. The lowest BCUT2D eigenvalue weighted by atomic mass is 9.76. The highest BCUT2D eigenvalue weighted by Crippen LogP contribution is 2.41. The molecule has 0 spiro atoms. The Bertz CT molecular complexity index is 2500. The van der Waals surface area contributed by atoms with Crippen molar-refractivity contribution in [2.75, 3.05) is 0 Å². The first-order valence-corrected chi connectivity index (χ1v) is 23.0. The molecular weight excluding hydrogens is 785 g/mol. The average Bonchev–Trinajstić information content (AvgIpc) is 4.13. The highest BCUT2D eigenvalue weighted by Gasteiger charge is 2.28. The first kappa shape index (κ1) is 43.0. The summed E-state index contributed by atoms with van der Waals surface area (Å²) < 4.78 is 8.94. The predicted octanol–water partition coefficient (Wildman–Crippen LogP) is 11.0. The fraction of sp³-hybridized carbons (Fsp3) is 0.357. The van der Waals surface area contributed by atoms with Gasteiger partial charge in [-0.05, 0) is 242 Å². The van der Waals surface area contributed by atoms with E-state index in [0.717, 1.165) is 51.9 Å². The normalized spacial score (nSPS) is 12.7. The Kier molecular flexibility index (Phi) is 11.4. The molecule has 0 N–H and O–H groups in total. The summed E-state index contributed by atoms with van der Waals surface area (Å²) >= 11 is 0. The minimum Gasteiger partial charge on any atom is -0.333 e. The van der Waals surface area contributed by atoms with E-state index in [-0.39, 0.29) is 0 Å². The minimum atomic E-state index is 0.789. The Labute approximate surface area is 380 Å². The Morgan fingerprint density at radius 1 is 0.281 bits per heavy atom. The molecule has 0 radical (unpaired) electrons. The first-order chi connectivity index (χ1) is 30.7. The molecule has 1 aliphatic carbocycles. The van der Waals surface area contributed by atoms with E-state index >= 15 is 0 Å². The van der Waals surface area contributed by atoms with Gasteiger partial charge in [-0.1, -0.05) is 0 Å². The molecule has 0 aliphatic heterocycles. The Morgan fingerprint density at radius 2 is 0.453 bits per heavy atom. The van der Waals surface area contributed by atoms with Crippen LogP contribution in [0.5, 0.6) is 0 Å². The number of hydrogen-bond donors (Lipinski definition) is 0. The fourth-order valence-corrected chi connectivity index (χ4v) is 11.6. The molecule has 0 unspecified atom stereocenters. The molecule has 8 nitrogen and oxygen atoms in total. The Morgan fingerprint density at radius 3 is 0.594 bits per heavy atom. The predicted molar refractivity (Wildman–Crippen MR) is 259 cm³/mol. The van der Waals surface area contributed by atoms with E-state index in [1.807, 2.05) is 50.1 Å². The van der Waals surface area contributed by atoms with Gasteiger partial charge in [0, 0.05) is 75.8 Å². The second-order valence-corrected chi connectivity index (χ2v) is 18.9. The largest absolute Gasteiger partial charge is 0.333 e. The molecule has 8 bridgehead atoms. The third-order valence-corrected chi connectivity index (χ3v) is 15.9. The molecule has 4 aromatic heterocycles. The maximum absolute atomic E-state index is 4.47. The summed E-state index contributed by atoms with van der Waals surface area (Å²) in [6.45, 7) is 31.8. The number of benzene rings is 4. The summed E-state index contributed by atoms with van der Waals surface area (Å²) in [6, 6.07) is 0. The van der Waals surface area contributed by atoms with Crippen LogP contribution in [0.3, 0.4) is 0 Å². The van der Waals surface area contributed by atoms with Crippen molar-refractivity contribution in [2.24, 2.45) is 0 Å². The van der Waals surface area contributed by atoms with Crippen molar-refractivity contribution in [3.63, 3.8) is 0 Å². The molecule has 9 rings (SSSR count). The quantitative estimate of drug-likeness (QED) is 0.153. The lowest BCUT2D eigenvalue weighted by molar-refractivity contribution is 0.771.